The molecule has 2 fully saturated rings. The van der Waals surface area contributed by atoms with Crippen LogP contribution >= 0.6 is 0 Å². The van der Waals surface area contributed by atoms with Crippen LogP contribution in [0.25, 0.3) is 0 Å². The number of amides is 1. The van der Waals surface area contributed by atoms with Crippen molar-refractivity contribution in [2.45, 2.75) is 18.4 Å². The van der Waals surface area contributed by atoms with Gasteiger partial charge in [0.05, 0.1) is 6.42 Å². The van der Waals surface area contributed by atoms with Crippen molar-refractivity contribution in [3.05, 3.63) is 35.6 Å². The molecular formula is C13H15FN2O. The first kappa shape index (κ1) is 10.7. The molecule has 1 aliphatic carbocycles. The molecule has 3 rings (SSSR count). The number of nitrogens with two attached hydrogens (primary N) is 1. The number of likely N-dealkylation sites (tertiary alicyclic amines) is 1. The minimum atomic E-state index is -0.296. The third kappa shape index (κ3) is 1.93. The van der Waals surface area contributed by atoms with Crippen LogP contribution in [-0.4, -0.2) is 29.4 Å². The first-order valence-corrected chi connectivity index (χ1v) is 5.88. The van der Waals surface area contributed by atoms with Gasteiger partial charge in [-0.1, -0.05) is 12.1 Å². The highest BCUT2D eigenvalue weighted by Crippen LogP contribution is 2.47. The Hall–Kier alpha value is -1.42. The highest BCUT2D eigenvalue weighted by molar-refractivity contribution is 5.79. The molecule has 2 atom stereocenters. The Morgan fingerprint density at radius 3 is 3.06 bits per heavy atom. The lowest BCUT2D eigenvalue weighted by Crippen LogP contribution is -2.37. The van der Waals surface area contributed by atoms with Crippen molar-refractivity contribution in [3.63, 3.8) is 0 Å². The van der Waals surface area contributed by atoms with Gasteiger partial charge in [0.15, 0.2) is 0 Å². The predicted octanol–water partition coefficient (Wildman–Crippen LogP) is 0.928. The van der Waals surface area contributed by atoms with Crippen LogP contribution < -0.4 is 5.73 Å². The summed E-state index contributed by atoms with van der Waals surface area (Å²) >= 11 is 0. The predicted molar refractivity (Wildman–Crippen MR) is 61.7 cm³/mol. The average Bonchev–Trinajstić information content (AvgIpc) is 2.77. The topological polar surface area (TPSA) is 46.3 Å². The number of rotatable bonds is 2. The summed E-state index contributed by atoms with van der Waals surface area (Å²) in [4.78, 5) is 13.8. The standard InChI is InChI=1S/C13H15FN2O/c14-11-3-1-2-9(4-11)5-12(17)16-7-10-6-13(10,15)8-16/h1-4,10H,5-8,15H2. The van der Waals surface area contributed by atoms with Crippen molar-refractivity contribution in [1.29, 1.82) is 0 Å². The van der Waals surface area contributed by atoms with E-state index in [2.05, 4.69) is 0 Å². The maximum Gasteiger partial charge on any atom is 0.227 e. The Morgan fingerprint density at radius 2 is 2.41 bits per heavy atom. The van der Waals surface area contributed by atoms with Crippen LogP contribution in [-0.2, 0) is 11.2 Å². The summed E-state index contributed by atoms with van der Waals surface area (Å²) in [7, 11) is 0. The molecule has 4 heteroatoms. The summed E-state index contributed by atoms with van der Waals surface area (Å²) < 4.78 is 13.0. The second-order valence-electron chi connectivity index (χ2n) is 5.22. The second kappa shape index (κ2) is 3.53. The molecule has 2 N–H and O–H groups in total. The van der Waals surface area contributed by atoms with E-state index in [9.17, 15) is 9.18 Å². The van der Waals surface area contributed by atoms with Crippen LogP contribution in [0, 0.1) is 11.7 Å². The zero-order chi connectivity index (χ0) is 12.0. The molecule has 1 heterocycles. The highest BCUT2D eigenvalue weighted by atomic mass is 19.1. The van der Waals surface area contributed by atoms with Crippen LogP contribution in [0.4, 0.5) is 4.39 Å². The molecule has 17 heavy (non-hydrogen) atoms. The zero-order valence-corrected chi connectivity index (χ0v) is 9.53. The van der Waals surface area contributed by atoms with Crippen molar-refractivity contribution in [2.75, 3.05) is 13.1 Å². The van der Waals surface area contributed by atoms with Gasteiger partial charge in [-0.25, -0.2) is 4.39 Å². The molecule has 1 aliphatic heterocycles. The van der Waals surface area contributed by atoms with Gasteiger partial charge in [0.1, 0.15) is 5.82 Å². The molecule has 0 aromatic heterocycles. The lowest BCUT2D eigenvalue weighted by molar-refractivity contribution is -0.130. The Morgan fingerprint density at radius 1 is 1.59 bits per heavy atom. The summed E-state index contributed by atoms with van der Waals surface area (Å²) in [6.07, 6.45) is 1.30. The number of benzene rings is 1. The van der Waals surface area contributed by atoms with Gasteiger partial charge < -0.3 is 10.6 Å². The lowest BCUT2D eigenvalue weighted by Gasteiger charge is -2.19. The minimum absolute atomic E-state index is 0.0487. The number of nitrogens with zero attached hydrogens (tertiary/aromatic N) is 1. The third-order valence-corrected chi connectivity index (χ3v) is 3.80. The van der Waals surface area contributed by atoms with Gasteiger partial charge in [0.2, 0.25) is 5.91 Å². The van der Waals surface area contributed by atoms with Gasteiger partial charge in [0.25, 0.3) is 0 Å². The summed E-state index contributed by atoms with van der Waals surface area (Å²) in [6, 6.07) is 6.20. The van der Waals surface area contributed by atoms with Crippen molar-refractivity contribution >= 4 is 5.91 Å². The van der Waals surface area contributed by atoms with Crippen LogP contribution in [0.15, 0.2) is 24.3 Å². The van der Waals surface area contributed by atoms with E-state index >= 15 is 0 Å². The fraction of sp³-hybridized carbons (Fsp3) is 0.462. The van der Waals surface area contributed by atoms with Crippen LogP contribution in [0.3, 0.4) is 0 Å². The van der Waals surface area contributed by atoms with E-state index in [1.807, 2.05) is 0 Å². The van der Waals surface area contributed by atoms with Gasteiger partial charge in [-0.15, -0.1) is 0 Å². The number of piperidine rings is 1. The first-order chi connectivity index (χ1) is 8.07. The molecule has 1 aromatic carbocycles. The monoisotopic (exact) mass is 234 g/mol. The Labute approximate surface area is 99.4 Å². The maximum atomic E-state index is 13.0. The van der Waals surface area contributed by atoms with E-state index in [1.54, 1.807) is 17.0 Å². The van der Waals surface area contributed by atoms with E-state index in [1.165, 1.54) is 12.1 Å². The van der Waals surface area contributed by atoms with E-state index in [4.69, 9.17) is 5.73 Å². The quantitative estimate of drug-likeness (QED) is 0.827. The second-order valence-corrected chi connectivity index (χ2v) is 5.22. The molecule has 1 amide bonds. The number of hydrogen-bond donors (Lipinski definition) is 1. The van der Waals surface area contributed by atoms with Crippen LogP contribution in [0.5, 0.6) is 0 Å². The van der Waals surface area contributed by atoms with E-state index in [-0.39, 0.29) is 23.7 Å². The highest BCUT2D eigenvalue weighted by Gasteiger charge is 2.58. The molecule has 2 aliphatic rings. The molecule has 0 radical (unpaired) electrons. The molecule has 90 valence electrons. The molecule has 1 saturated heterocycles. The zero-order valence-electron chi connectivity index (χ0n) is 9.53. The minimum Gasteiger partial charge on any atom is -0.340 e. The van der Waals surface area contributed by atoms with Crippen molar-refractivity contribution < 1.29 is 9.18 Å². The van der Waals surface area contributed by atoms with Gasteiger partial charge in [-0.3, -0.25) is 4.79 Å². The van der Waals surface area contributed by atoms with Gasteiger partial charge >= 0.3 is 0 Å². The molecule has 1 saturated carbocycles. The molecule has 1 aromatic rings. The van der Waals surface area contributed by atoms with Crippen molar-refractivity contribution in [3.8, 4) is 0 Å². The first-order valence-electron chi connectivity index (χ1n) is 5.88. The molecule has 2 unspecified atom stereocenters. The normalized spacial score (nSPS) is 30.2. The Balaban J connectivity index is 1.64. The smallest absolute Gasteiger partial charge is 0.227 e. The number of fused-ring (bicyclic) bond motifs is 1. The summed E-state index contributed by atoms with van der Waals surface area (Å²) in [5, 5.41) is 0. The average molecular weight is 234 g/mol. The number of hydrogen-bond acceptors (Lipinski definition) is 2. The van der Waals surface area contributed by atoms with Gasteiger partial charge in [0, 0.05) is 18.6 Å². The van der Waals surface area contributed by atoms with Crippen molar-refractivity contribution in [1.82, 2.24) is 4.90 Å². The largest absolute Gasteiger partial charge is 0.340 e. The Bertz CT molecular complexity index is 476. The molecular weight excluding hydrogens is 219 g/mol. The number of carbonyl (C=O) groups is 1. The summed E-state index contributed by atoms with van der Waals surface area (Å²) in [5.74, 6) is 0.237. The maximum absolute atomic E-state index is 13.0. The van der Waals surface area contributed by atoms with E-state index < -0.39 is 0 Å². The number of carbonyl (C=O) groups excluding carboxylic acids is 1. The van der Waals surface area contributed by atoms with Gasteiger partial charge in [-0.05, 0) is 30.0 Å². The van der Waals surface area contributed by atoms with E-state index in [0.29, 0.717) is 12.5 Å². The lowest BCUT2D eigenvalue weighted by atomic mass is 10.1. The third-order valence-electron chi connectivity index (χ3n) is 3.80. The SMILES string of the molecule is NC12CC1CN(C(=O)Cc1cccc(F)c1)C2. The molecule has 3 nitrogen and oxygen atoms in total. The molecule has 0 bridgehead atoms. The summed E-state index contributed by atoms with van der Waals surface area (Å²) in [5.41, 5.74) is 6.65. The van der Waals surface area contributed by atoms with E-state index in [0.717, 1.165) is 18.5 Å². The Kier molecular flexibility index (Phi) is 2.23. The summed E-state index contributed by atoms with van der Waals surface area (Å²) in [6.45, 7) is 1.43. The van der Waals surface area contributed by atoms with Crippen LogP contribution in [0.2, 0.25) is 0 Å². The van der Waals surface area contributed by atoms with Crippen molar-refractivity contribution in [2.24, 2.45) is 11.7 Å². The number of halogens is 1. The van der Waals surface area contributed by atoms with Gasteiger partial charge in [-0.2, -0.15) is 0 Å². The fourth-order valence-corrected chi connectivity index (χ4v) is 2.65. The van der Waals surface area contributed by atoms with Crippen LogP contribution in [0.1, 0.15) is 12.0 Å². The molecule has 0 spiro atoms. The fourth-order valence-electron chi connectivity index (χ4n) is 2.65.